The minimum absolute atomic E-state index is 0.0901. The first kappa shape index (κ1) is 13.9. The molecule has 1 heterocycles. The quantitative estimate of drug-likeness (QED) is 0.282. The zero-order chi connectivity index (χ0) is 14.5. The Kier molecular flexibility index (Phi) is 4.24. The summed E-state index contributed by atoms with van der Waals surface area (Å²) in [7, 11) is 2.83. The van der Waals surface area contributed by atoms with Crippen molar-refractivity contribution in [2.75, 3.05) is 14.2 Å². The number of methoxy groups -OCH3 is 2. The van der Waals surface area contributed by atoms with Crippen LogP contribution in [0.4, 0.5) is 0 Å². The summed E-state index contributed by atoms with van der Waals surface area (Å²) in [5, 5.41) is 6.21. The number of hydrogen-bond donors (Lipinski definition) is 0. The van der Waals surface area contributed by atoms with Gasteiger partial charge in [-0.15, -0.1) is 11.3 Å². The molecule has 0 bridgehead atoms. The highest BCUT2D eigenvalue weighted by Gasteiger charge is 2.11. The van der Waals surface area contributed by atoms with E-state index in [4.69, 9.17) is 10.3 Å². The summed E-state index contributed by atoms with van der Waals surface area (Å²) in [6, 6.07) is 5.51. The summed E-state index contributed by atoms with van der Waals surface area (Å²) in [6.45, 7) is 0. The van der Waals surface area contributed by atoms with Crippen molar-refractivity contribution in [2.45, 2.75) is 0 Å². The average molecular weight is 289 g/mol. The Morgan fingerprint density at radius 2 is 2.20 bits per heavy atom. The molecule has 0 aliphatic rings. The number of hydrogen-bond acceptors (Lipinski definition) is 5. The molecule has 1 aromatic carbocycles. The third-order valence-corrected chi connectivity index (χ3v) is 3.60. The summed E-state index contributed by atoms with van der Waals surface area (Å²) in [5.41, 5.74) is 9.18. The molecular formula is C13H11N3O3S. The number of nitrogens with zero attached hydrogens (tertiary/aromatic N) is 3. The molecule has 0 amide bonds. The van der Waals surface area contributed by atoms with Crippen LogP contribution in [0.3, 0.4) is 0 Å². The van der Waals surface area contributed by atoms with Crippen LogP contribution in [-0.2, 0) is 9.53 Å². The first-order chi connectivity index (χ1) is 9.71. The number of thiophene rings is 1. The highest BCUT2D eigenvalue weighted by molar-refractivity contribution is 7.17. The Labute approximate surface area is 118 Å². The van der Waals surface area contributed by atoms with Gasteiger partial charge in [0.2, 0.25) is 0 Å². The maximum absolute atomic E-state index is 11.5. The molecule has 0 N–H and O–H groups in total. The molecule has 0 aliphatic carbocycles. The second-order valence-corrected chi connectivity index (χ2v) is 4.65. The van der Waals surface area contributed by atoms with Gasteiger partial charge < -0.3 is 9.47 Å². The molecule has 1 aromatic heterocycles. The minimum atomic E-state index is -0.679. The topological polar surface area (TPSA) is 84.3 Å². The van der Waals surface area contributed by atoms with Crippen LogP contribution in [0, 0.1) is 0 Å². The van der Waals surface area contributed by atoms with Crippen molar-refractivity contribution >= 4 is 33.5 Å². The van der Waals surface area contributed by atoms with Gasteiger partial charge in [-0.3, -0.25) is 0 Å². The predicted octanol–water partition coefficient (Wildman–Crippen LogP) is 3.73. The van der Waals surface area contributed by atoms with Crippen LogP contribution >= 0.6 is 11.3 Å². The molecule has 0 fully saturated rings. The van der Waals surface area contributed by atoms with Gasteiger partial charge in [0, 0.05) is 10.3 Å². The summed E-state index contributed by atoms with van der Waals surface area (Å²) >= 11 is 1.53. The molecule has 102 valence electrons. The smallest absolute Gasteiger partial charge is 0.340 e. The zero-order valence-electron chi connectivity index (χ0n) is 10.9. The molecule has 0 radical (unpaired) electrons. The maximum Gasteiger partial charge on any atom is 0.340 e. The zero-order valence-corrected chi connectivity index (χ0v) is 11.7. The lowest BCUT2D eigenvalue weighted by Crippen LogP contribution is -2.01. The molecule has 20 heavy (non-hydrogen) atoms. The number of fused-ring (bicyclic) bond motifs is 1. The lowest BCUT2D eigenvalue weighted by Gasteiger charge is -2.05. The van der Waals surface area contributed by atoms with Gasteiger partial charge in [0.1, 0.15) is 11.4 Å². The summed E-state index contributed by atoms with van der Waals surface area (Å²) in [6.07, 6.45) is 1.50. The molecular weight excluding hydrogens is 278 g/mol. The van der Waals surface area contributed by atoms with E-state index in [0.717, 1.165) is 21.4 Å². The van der Waals surface area contributed by atoms with Gasteiger partial charge in [-0.2, -0.15) is 0 Å². The van der Waals surface area contributed by atoms with E-state index in [9.17, 15) is 4.79 Å². The van der Waals surface area contributed by atoms with Gasteiger partial charge in [0.05, 0.1) is 18.9 Å². The molecule has 6 nitrogen and oxygen atoms in total. The first-order valence-corrected chi connectivity index (χ1v) is 6.48. The van der Waals surface area contributed by atoms with Gasteiger partial charge in [0.15, 0.2) is 0 Å². The van der Waals surface area contributed by atoms with E-state index in [2.05, 4.69) is 14.8 Å². The van der Waals surface area contributed by atoms with Crippen LogP contribution < -0.4 is 4.74 Å². The minimum Gasteiger partial charge on any atom is -0.495 e. The highest BCUT2D eigenvalue weighted by atomic mass is 32.1. The predicted molar refractivity (Wildman–Crippen MR) is 77.5 cm³/mol. The number of ether oxygens (including phenoxy) is 2. The number of rotatable bonds is 4. The van der Waals surface area contributed by atoms with E-state index in [-0.39, 0.29) is 5.70 Å². The third kappa shape index (κ3) is 2.59. The van der Waals surface area contributed by atoms with Crippen molar-refractivity contribution in [3.8, 4) is 5.75 Å². The summed E-state index contributed by atoms with van der Waals surface area (Å²) < 4.78 is 10.8. The maximum atomic E-state index is 11.5. The highest BCUT2D eigenvalue weighted by Crippen LogP contribution is 2.34. The fourth-order valence-electron chi connectivity index (χ4n) is 1.77. The average Bonchev–Trinajstić information content (AvgIpc) is 2.96. The molecule has 0 atom stereocenters. The molecule has 2 aromatic rings. The Morgan fingerprint density at radius 3 is 2.85 bits per heavy atom. The van der Waals surface area contributed by atoms with Crippen LogP contribution in [0.5, 0.6) is 5.75 Å². The Hall–Kier alpha value is -2.50. The normalized spacial score (nSPS) is 11.0. The molecule has 0 saturated carbocycles. The van der Waals surface area contributed by atoms with Crippen molar-refractivity contribution in [3.63, 3.8) is 0 Å². The number of azide groups is 1. The standard InChI is InChI=1S/C13H11N3O3S/c1-18-11-4-3-8(9-5-6-20-12(9)11)7-10(15-16-14)13(17)19-2/h3-7H,1-2H3/b10-7-. The van der Waals surface area contributed by atoms with E-state index in [1.54, 1.807) is 19.2 Å². The number of carbonyl (C=O) groups excluding carboxylic acids is 1. The third-order valence-electron chi connectivity index (χ3n) is 2.67. The van der Waals surface area contributed by atoms with Crippen LogP contribution in [0.2, 0.25) is 0 Å². The van der Waals surface area contributed by atoms with Crippen LogP contribution in [0.1, 0.15) is 5.56 Å². The Bertz CT molecular complexity index is 730. The van der Waals surface area contributed by atoms with E-state index >= 15 is 0 Å². The van der Waals surface area contributed by atoms with Gasteiger partial charge in [0.25, 0.3) is 0 Å². The fourth-order valence-corrected chi connectivity index (χ4v) is 2.69. The van der Waals surface area contributed by atoms with Gasteiger partial charge in [-0.05, 0) is 34.7 Å². The van der Waals surface area contributed by atoms with Crippen molar-refractivity contribution in [2.24, 2.45) is 5.11 Å². The van der Waals surface area contributed by atoms with Gasteiger partial charge >= 0.3 is 5.97 Å². The lowest BCUT2D eigenvalue weighted by molar-refractivity contribution is -0.136. The molecule has 0 unspecified atom stereocenters. The molecule has 7 heteroatoms. The van der Waals surface area contributed by atoms with Crippen molar-refractivity contribution < 1.29 is 14.3 Å². The molecule has 0 aliphatic heterocycles. The molecule has 0 spiro atoms. The number of carbonyl (C=O) groups is 1. The summed E-state index contributed by atoms with van der Waals surface area (Å²) in [5.74, 6) is 0.0811. The Balaban J connectivity index is 2.60. The summed E-state index contributed by atoms with van der Waals surface area (Å²) in [4.78, 5) is 14.2. The van der Waals surface area contributed by atoms with Crippen molar-refractivity contribution in [3.05, 3.63) is 45.3 Å². The fraction of sp³-hybridized carbons (Fsp3) is 0.154. The van der Waals surface area contributed by atoms with E-state index < -0.39 is 5.97 Å². The monoisotopic (exact) mass is 289 g/mol. The van der Waals surface area contributed by atoms with E-state index in [0.29, 0.717) is 0 Å². The van der Waals surface area contributed by atoms with Gasteiger partial charge in [-0.1, -0.05) is 11.2 Å². The van der Waals surface area contributed by atoms with E-state index in [1.807, 2.05) is 11.4 Å². The van der Waals surface area contributed by atoms with Crippen LogP contribution in [-0.4, -0.2) is 20.2 Å². The largest absolute Gasteiger partial charge is 0.495 e. The van der Waals surface area contributed by atoms with Crippen LogP contribution in [0.25, 0.3) is 26.6 Å². The van der Waals surface area contributed by atoms with Crippen LogP contribution in [0.15, 0.2) is 34.4 Å². The molecule has 0 saturated heterocycles. The SMILES string of the molecule is COC(=O)/C(=C/c1ccc(OC)c2sccc12)N=[N+]=[N-]. The van der Waals surface area contributed by atoms with Gasteiger partial charge in [-0.25, -0.2) is 4.79 Å². The number of esters is 1. The number of benzene rings is 1. The molecule has 2 rings (SSSR count). The van der Waals surface area contributed by atoms with E-state index in [1.165, 1.54) is 24.5 Å². The van der Waals surface area contributed by atoms with Crippen molar-refractivity contribution in [1.82, 2.24) is 0 Å². The van der Waals surface area contributed by atoms with Crippen molar-refractivity contribution in [1.29, 1.82) is 0 Å². The first-order valence-electron chi connectivity index (χ1n) is 5.60. The second-order valence-electron chi connectivity index (χ2n) is 3.73. The Morgan fingerprint density at radius 1 is 1.40 bits per heavy atom. The lowest BCUT2D eigenvalue weighted by atomic mass is 10.1. The second kappa shape index (κ2) is 6.10.